The fraction of sp³-hybridized carbons (Fsp3) is 0.161. The van der Waals surface area contributed by atoms with E-state index in [9.17, 15) is 0 Å². The molecule has 4 fully saturated rings. The highest BCUT2D eigenvalue weighted by atomic mass is 16.3. The molecule has 4 saturated carbocycles. The lowest BCUT2D eigenvalue weighted by Crippen LogP contribution is -2.48. The molecule has 0 N–H and O–H groups in total. The van der Waals surface area contributed by atoms with Crippen LogP contribution >= 0.6 is 0 Å². The van der Waals surface area contributed by atoms with Gasteiger partial charge >= 0.3 is 0 Å². The van der Waals surface area contributed by atoms with Gasteiger partial charge in [-0.1, -0.05) is 127 Å². The molecule has 0 aliphatic heterocycles. The summed E-state index contributed by atoms with van der Waals surface area (Å²) in [4.78, 5) is 0. The first-order valence-electron chi connectivity index (χ1n) is 23.4. The topological polar surface area (TPSA) is 26.3 Å². The van der Waals surface area contributed by atoms with E-state index in [0.29, 0.717) is 5.41 Å². The molecule has 0 atom stereocenters. The van der Waals surface area contributed by atoms with Crippen molar-refractivity contribution in [1.29, 1.82) is 0 Å². The molecule has 2 heteroatoms. The van der Waals surface area contributed by atoms with Crippen LogP contribution in [-0.2, 0) is 5.41 Å². The Morgan fingerprint density at radius 1 is 0.344 bits per heavy atom. The van der Waals surface area contributed by atoms with Gasteiger partial charge in [-0.15, -0.1) is 0 Å². The van der Waals surface area contributed by atoms with Crippen molar-refractivity contribution in [3.05, 3.63) is 181 Å². The Labute approximate surface area is 370 Å². The first-order chi connectivity index (χ1) is 31.6. The Bertz CT molecular complexity index is 3900. The second-order valence-corrected chi connectivity index (χ2v) is 19.8. The molecule has 64 heavy (non-hydrogen) atoms. The molecule has 2 heterocycles. The van der Waals surface area contributed by atoms with Gasteiger partial charge in [-0.2, -0.15) is 0 Å². The minimum absolute atomic E-state index is 0.342. The summed E-state index contributed by atoms with van der Waals surface area (Å²) in [5.41, 5.74) is 12.7. The van der Waals surface area contributed by atoms with E-state index in [0.717, 1.165) is 56.4 Å². The predicted octanol–water partition coefficient (Wildman–Crippen LogP) is 17.6. The summed E-state index contributed by atoms with van der Waals surface area (Å²) in [7, 11) is 0. The summed E-state index contributed by atoms with van der Waals surface area (Å²) in [5, 5.41) is 14.6. The van der Waals surface area contributed by atoms with Crippen LogP contribution in [-0.4, -0.2) is 0 Å². The maximum absolute atomic E-state index is 6.83. The second kappa shape index (κ2) is 13.0. The van der Waals surface area contributed by atoms with Crippen molar-refractivity contribution >= 4 is 87.0 Å². The van der Waals surface area contributed by atoms with E-state index >= 15 is 0 Å². The highest BCUT2D eigenvalue weighted by molar-refractivity contribution is 6.25. The number of hydrogen-bond donors (Lipinski definition) is 0. The van der Waals surface area contributed by atoms with Crippen molar-refractivity contribution in [2.45, 2.75) is 43.9 Å². The Kier molecular flexibility index (Phi) is 7.15. The fourth-order valence-corrected chi connectivity index (χ4v) is 13.8. The quantitative estimate of drug-likeness (QED) is 0.131. The minimum atomic E-state index is 0.342. The molecular formula is C62H44O2. The largest absolute Gasteiger partial charge is 0.456 e. The number of hydrogen-bond acceptors (Lipinski definition) is 2. The molecule has 0 unspecified atom stereocenters. The molecule has 4 aliphatic carbocycles. The van der Waals surface area contributed by atoms with Gasteiger partial charge < -0.3 is 8.83 Å². The third-order valence-corrected chi connectivity index (χ3v) is 16.2. The zero-order valence-electron chi connectivity index (χ0n) is 35.5. The highest BCUT2D eigenvalue weighted by Gasteiger charge is 2.51. The number of furan rings is 2. The summed E-state index contributed by atoms with van der Waals surface area (Å²) in [6.45, 7) is 0. The lowest BCUT2D eigenvalue weighted by atomic mass is 9.48. The molecule has 0 spiro atoms. The average molecular weight is 821 g/mol. The molecule has 16 rings (SSSR count). The van der Waals surface area contributed by atoms with Gasteiger partial charge in [0.25, 0.3) is 0 Å². The summed E-state index contributed by atoms with van der Waals surface area (Å²) in [6, 6.07) is 65.4. The minimum Gasteiger partial charge on any atom is -0.456 e. The van der Waals surface area contributed by atoms with E-state index in [-0.39, 0.29) is 0 Å². The lowest BCUT2D eigenvalue weighted by molar-refractivity contribution is -0.00513. The van der Waals surface area contributed by atoms with Crippen LogP contribution < -0.4 is 0 Å². The third kappa shape index (κ3) is 5.03. The molecule has 0 amide bonds. The second-order valence-electron chi connectivity index (χ2n) is 19.8. The van der Waals surface area contributed by atoms with Crippen LogP contribution in [0.5, 0.6) is 0 Å². The lowest BCUT2D eigenvalue weighted by Gasteiger charge is -2.57. The molecule has 4 aliphatic rings. The van der Waals surface area contributed by atoms with Crippen molar-refractivity contribution in [2.75, 3.05) is 0 Å². The maximum Gasteiger partial charge on any atom is 0.147 e. The SMILES string of the molecule is c1ccc(-c2ccc3c(-c4ccc5c(ccc6ccccc65)c4)c4ccccc4c(-c4ccc5c(c4)oc4ccc6c7cc(C89CC%10CC(CC(C%10)C8)C9)ccc7oc6c45)c3c2)cc1. The normalized spacial score (nSPS) is 20.7. The zero-order valence-corrected chi connectivity index (χ0v) is 35.5. The number of rotatable bonds is 4. The highest BCUT2D eigenvalue weighted by Crippen LogP contribution is 2.61. The van der Waals surface area contributed by atoms with Gasteiger partial charge in [-0.05, 0) is 192 Å². The molecule has 0 saturated heterocycles. The Morgan fingerprint density at radius 2 is 0.938 bits per heavy atom. The fourth-order valence-electron chi connectivity index (χ4n) is 13.8. The summed E-state index contributed by atoms with van der Waals surface area (Å²) in [6.07, 6.45) is 8.46. The Hall–Kier alpha value is -7.16. The van der Waals surface area contributed by atoms with E-state index in [4.69, 9.17) is 8.83 Å². The van der Waals surface area contributed by atoms with Crippen LogP contribution in [0, 0.1) is 17.8 Å². The van der Waals surface area contributed by atoms with Crippen molar-refractivity contribution in [2.24, 2.45) is 17.8 Å². The summed E-state index contributed by atoms with van der Waals surface area (Å²) >= 11 is 0. The molecule has 304 valence electrons. The molecule has 12 aromatic rings. The van der Waals surface area contributed by atoms with Crippen LogP contribution in [0.15, 0.2) is 185 Å². The monoisotopic (exact) mass is 820 g/mol. The first-order valence-corrected chi connectivity index (χ1v) is 23.4. The van der Waals surface area contributed by atoms with Gasteiger partial charge in [0.05, 0.1) is 5.39 Å². The average Bonchev–Trinajstić information content (AvgIpc) is 3.90. The zero-order chi connectivity index (χ0) is 41.7. The molecule has 2 aromatic heterocycles. The Balaban J connectivity index is 0.927. The van der Waals surface area contributed by atoms with Crippen molar-refractivity contribution in [1.82, 2.24) is 0 Å². The molecule has 10 aromatic carbocycles. The number of fused-ring (bicyclic) bond motifs is 12. The van der Waals surface area contributed by atoms with Gasteiger partial charge in [-0.25, -0.2) is 0 Å². The van der Waals surface area contributed by atoms with Gasteiger partial charge in [0.15, 0.2) is 0 Å². The van der Waals surface area contributed by atoms with Crippen LogP contribution in [0.1, 0.15) is 44.1 Å². The Morgan fingerprint density at radius 3 is 1.73 bits per heavy atom. The van der Waals surface area contributed by atoms with Gasteiger partial charge in [0, 0.05) is 16.2 Å². The van der Waals surface area contributed by atoms with E-state index < -0.39 is 0 Å². The third-order valence-electron chi connectivity index (χ3n) is 16.2. The van der Waals surface area contributed by atoms with Crippen LogP contribution in [0.2, 0.25) is 0 Å². The van der Waals surface area contributed by atoms with Crippen molar-refractivity contribution < 1.29 is 8.83 Å². The predicted molar refractivity (Wildman–Crippen MR) is 267 cm³/mol. The molecule has 2 nitrogen and oxygen atoms in total. The standard InChI is InChI=1S/C62H44O2/c1-2-8-39(9-3-1)41-16-21-50-54(30-41)59(49-13-7-6-12-48(49)58(50)43-17-20-47-42(29-43)15-14-40-10-4-5-11-46(40)47)44-18-22-52-57(31-44)63-56-25-23-51-53-32-45(19-24-55(53)64-61(51)60(52)56)62-33-36-26-37(34-62)28-38(27-36)35-62/h1-25,29-32,36-38H,26-28,33-35H2. The first kappa shape index (κ1) is 35.3. The van der Waals surface area contributed by atoms with Gasteiger partial charge in [0.2, 0.25) is 0 Å². The summed E-state index contributed by atoms with van der Waals surface area (Å²) in [5.74, 6) is 2.74. The smallest absolute Gasteiger partial charge is 0.147 e. The molecule has 4 bridgehead atoms. The van der Waals surface area contributed by atoms with E-state index in [1.807, 2.05) is 0 Å². The molecular weight excluding hydrogens is 777 g/mol. The number of benzene rings is 10. The maximum atomic E-state index is 6.83. The summed E-state index contributed by atoms with van der Waals surface area (Å²) < 4.78 is 13.7. The van der Waals surface area contributed by atoms with Crippen molar-refractivity contribution in [3.8, 4) is 33.4 Å². The van der Waals surface area contributed by atoms with Crippen LogP contribution in [0.3, 0.4) is 0 Å². The van der Waals surface area contributed by atoms with E-state index in [1.54, 1.807) is 5.56 Å². The van der Waals surface area contributed by atoms with Crippen LogP contribution in [0.4, 0.5) is 0 Å². The van der Waals surface area contributed by atoms with Crippen LogP contribution in [0.25, 0.3) is 120 Å². The van der Waals surface area contributed by atoms with Gasteiger partial charge in [-0.3, -0.25) is 0 Å². The molecule has 0 radical (unpaired) electrons. The van der Waals surface area contributed by atoms with Gasteiger partial charge in [0.1, 0.15) is 22.3 Å². The van der Waals surface area contributed by atoms with E-state index in [1.165, 1.54) is 120 Å². The van der Waals surface area contributed by atoms with E-state index in [2.05, 4.69) is 176 Å². The van der Waals surface area contributed by atoms with Crippen molar-refractivity contribution in [3.63, 3.8) is 0 Å².